The molecular weight excluding hydrogens is 338 g/mol. The molecule has 0 spiro atoms. The normalized spacial score (nSPS) is 17.2. The number of carbonyl (C=O) groups is 2. The lowest BCUT2D eigenvalue weighted by Crippen LogP contribution is -2.39. The Morgan fingerprint density at radius 2 is 2.10 bits per heavy atom. The van der Waals surface area contributed by atoms with Crippen LogP contribution in [0.1, 0.15) is 23.2 Å². The number of nitrogens with one attached hydrogen (secondary N) is 1. The van der Waals surface area contributed by atoms with E-state index in [0.717, 1.165) is 17.3 Å². The van der Waals surface area contributed by atoms with Crippen LogP contribution in [0.25, 0.3) is 0 Å². The van der Waals surface area contributed by atoms with Crippen molar-refractivity contribution in [1.29, 1.82) is 0 Å². The highest BCUT2D eigenvalue weighted by Crippen LogP contribution is 2.24. The molecular formula is C15H18BrNO4. The highest BCUT2D eigenvalue weighted by molar-refractivity contribution is 9.10. The molecule has 0 aromatic heterocycles. The fourth-order valence-electron chi connectivity index (χ4n) is 2.51. The van der Waals surface area contributed by atoms with Crippen LogP contribution in [0.5, 0.6) is 0 Å². The van der Waals surface area contributed by atoms with Crippen molar-refractivity contribution in [3.63, 3.8) is 0 Å². The summed E-state index contributed by atoms with van der Waals surface area (Å²) >= 11 is 3.31. The number of ether oxygens (including phenoxy) is 1. The summed E-state index contributed by atoms with van der Waals surface area (Å²) in [6.07, 6.45) is 1.45. The van der Waals surface area contributed by atoms with Crippen LogP contribution < -0.4 is 5.32 Å². The Kier molecular flexibility index (Phi) is 5.76. The molecule has 1 atom stereocenters. The number of hydrogen-bond acceptors (Lipinski definition) is 3. The first-order valence-corrected chi connectivity index (χ1v) is 7.71. The molecule has 0 saturated carbocycles. The van der Waals surface area contributed by atoms with Crippen LogP contribution in [0.2, 0.25) is 0 Å². The Balaban J connectivity index is 1.95. The van der Waals surface area contributed by atoms with Gasteiger partial charge in [0.2, 0.25) is 0 Å². The van der Waals surface area contributed by atoms with Crippen LogP contribution in [0.4, 0.5) is 0 Å². The number of carbonyl (C=O) groups excluding carboxylic acids is 1. The average Bonchev–Trinajstić information content (AvgIpc) is 2.48. The van der Waals surface area contributed by atoms with Gasteiger partial charge in [-0.05, 0) is 37.0 Å². The van der Waals surface area contributed by atoms with Crippen molar-refractivity contribution in [2.24, 2.45) is 11.8 Å². The van der Waals surface area contributed by atoms with Gasteiger partial charge in [0, 0.05) is 29.8 Å². The molecule has 2 rings (SSSR count). The Bertz CT molecular complexity index is 514. The topological polar surface area (TPSA) is 75.6 Å². The van der Waals surface area contributed by atoms with Gasteiger partial charge < -0.3 is 15.2 Å². The third-order valence-corrected chi connectivity index (χ3v) is 4.21. The lowest BCUT2D eigenvalue weighted by molar-refractivity contribution is -0.144. The summed E-state index contributed by atoms with van der Waals surface area (Å²) in [5.41, 5.74) is 0.514. The molecule has 5 nitrogen and oxygen atoms in total. The van der Waals surface area contributed by atoms with Crippen molar-refractivity contribution in [1.82, 2.24) is 5.32 Å². The zero-order chi connectivity index (χ0) is 15.2. The van der Waals surface area contributed by atoms with Crippen LogP contribution in [0, 0.1) is 11.8 Å². The highest BCUT2D eigenvalue weighted by Gasteiger charge is 2.30. The van der Waals surface area contributed by atoms with Gasteiger partial charge in [-0.1, -0.05) is 22.0 Å². The third kappa shape index (κ3) is 4.54. The van der Waals surface area contributed by atoms with Crippen LogP contribution in [-0.2, 0) is 9.53 Å². The predicted octanol–water partition coefficient (Wildman–Crippen LogP) is 2.31. The molecule has 2 N–H and O–H groups in total. The molecule has 21 heavy (non-hydrogen) atoms. The Morgan fingerprint density at radius 3 is 2.71 bits per heavy atom. The fraction of sp³-hybridized carbons (Fsp3) is 0.467. The smallest absolute Gasteiger partial charge is 0.308 e. The number of carboxylic acids is 1. The van der Waals surface area contributed by atoms with E-state index in [-0.39, 0.29) is 18.4 Å². The number of carboxylic acid groups (broad SMARTS) is 1. The Morgan fingerprint density at radius 1 is 1.38 bits per heavy atom. The zero-order valence-corrected chi connectivity index (χ0v) is 13.1. The van der Waals surface area contributed by atoms with Crippen molar-refractivity contribution in [3.05, 3.63) is 34.3 Å². The van der Waals surface area contributed by atoms with Gasteiger partial charge in [0.05, 0.1) is 5.92 Å². The number of benzene rings is 1. The summed E-state index contributed by atoms with van der Waals surface area (Å²) < 4.78 is 6.07. The minimum absolute atomic E-state index is 0.0547. The van der Waals surface area contributed by atoms with Crippen LogP contribution in [0.3, 0.4) is 0 Å². The second-order valence-electron chi connectivity index (χ2n) is 5.11. The maximum absolute atomic E-state index is 12.1. The third-order valence-electron chi connectivity index (χ3n) is 3.72. The lowest BCUT2D eigenvalue weighted by Gasteiger charge is -2.27. The number of hydrogen-bond donors (Lipinski definition) is 2. The van der Waals surface area contributed by atoms with E-state index < -0.39 is 11.9 Å². The van der Waals surface area contributed by atoms with Gasteiger partial charge in [-0.25, -0.2) is 0 Å². The predicted molar refractivity (Wildman–Crippen MR) is 81.1 cm³/mol. The van der Waals surface area contributed by atoms with Gasteiger partial charge in [-0.2, -0.15) is 0 Å². The summed E-state index contributed by atoms with van der Waals surface area (Å²) in [6, 6.07) is 7.01. The largest absolute Gasteiger partial charge is 0.481 e. The lowest BCUT2D eigenvalue weighted by atomic mass is 9.86. The quantitative estimate of drug-likeness (QED) is 0.849. The first-order chi connectivity index (χ1) is 10.1. The van der Waals surface area contributed by atoms with E-state index in [1.165, 1.54) is 0 Å². The van der Waals surface area contributed by atoms with E-state index in [4.69, 9.17) is 4.74 Å². The molecule has 6 heteroatoms. The standard InChI is InChI=1S/C15H18BrNO4/c16-12-3-1-2-11(8-12)14(18)17-9-13(15(19)20)10-4-6-21-7-5-10/h1-3,8,10,13H,4-7,9H2,(H,17,18)(H,19,20). The van der Waals surface area contributed by atoms with E-state index >= 15 is 0 Å². The van der Waals surface area contributed by atoms with Gasteiger partial charge in [0.1, 0.15) is 0 Å². The first-order valence-electron chi connectivity index (χ1n) is 6.92. The summed E-state index contributed by atoms with van der Waals surface area (Å²) in [4.78, 5) is 23.5. The Labute approximate surface area is 131 Å². The average molecular weight is 356 g/mol. The zero-order valence-electron chi connectivity index (χ0n) is 11.5. The minimum Gasteiger partial charge on any atom is -0.481 e. The van der Waals surface area contributed by atoms with E-state index in [9.17, 15) is 14.7 Å². The molecule has 0 radical (unpaired) electrons. The first kappa shape index (κ1) is 16.0. The molecule has 1 saturated heterocycles. The van der Waals surface area contributed by atoms with Crippen molar-refractivity contribution < 1.29 is 19.4 Å². The molecule has 0 aliphatic carbocycles. The fourth-order valence-corrected chi connectivity index (χ4v) is 2.91. The molecule has 1 aromatic carbocycles. The monoisotopic (exact) mass is 355 g/mol. The molecule has 1 amide bonds. The summed E-state index contributed by atoms with van der Waals surface area (Å²) in [6.45, 7) is 1.33. The number of amides is 1. The van der Waals surface area contributed by atoms with Crippen LogP contribution in [-0.4, -0.2) is 36.7 Å². The van der Waals surface area contributed by atoms with Gasteiger partial charge in [0.15, 0.2) is 0 Å². The minimum atomic E-state index is -0.864. The van der Waals surface area contributed by atoms with Gasteiger partial charge >= 0.3 is 5.97 Å². The van der Waals surface area contributed by atoms with Crippen molar-refractivity contribution in [2.75, 3.05) is 19.8 Å². The number of aliphatic carboxylic acids is 1. The Hall–Kier alpha value is -1.40. The summed E-state index contributed by atoms with van der Waals surface area (Å²) in [5.74, 6) is -1.63. The summed E-state index contributed by atoms with van der Waals surface area (Å²) in [5, 5.41) is 12.1. The highest BCUT2D eigenvalue weighted by atomic mass is 79.9. The molecule has 114 valence electrons. The molecule has 1 aliphatic heterocycles. The van der Waals surface area contributed by atoms with E-state index in [1.54, 1.807) is 18.2 Å². The maximum atomic E-state index is 12.1. The van der Waals surface area contributed by atoms with Crippen LogP contribution in [0.15, 0.2) is 28.7 Å². The van der Waals surface area contributed by atoms with Crippen molar-refractivity contribution >= 4 is 27.8 Å². The maximum Gasteiger partial charge on any atom is 0.308 e. The van der Waals surface area contributed by atoms with Crippen molar-refractivity contribution in [2.45, 2.75) is 12.8 Å². The molecule has 1 aromatic rings. The van der Waals surface area contributed by atoms with E-state index in [2.05, 4.69) is 21.2 Å². The van der Waals surface area contributed by atoms with E-state index in [0.29, 0.717) is 18.8 Å². The van der Waals surface area contributed by atoms with Gasteiger partial charge in [-0.15, -0.1) is 0 Å². The molecule has 0 bridgehead atoms. The molecule has 1 unspecified atom stereocenters. The molecule has 1 aliphatic rings. The molecule has 1 heterocycles. The molecule has 1 fully saturated rings. The SMILES string of the molecule is O=C(NCC(C(=O)O)C1CCOCC1)c1cccc(Br)c1. The van der Waals surface area contributed by atoms with Crippen molar-refractivity contribution in [3.8, 4) is 0 Å². The summed E-state index contributed by atoms with van der Waals surface area (Å²) in [7, 11) is 0. The second-order valence-corrected chi connectivity index (χ2v) is 6.03. The number of halogens is 1. The van der Waals surface area contributed by atoms with Gasteiger partial charge in [0.25, 0.3) is 5.91 Å². The van der Waals surface area contributed by atoms with Crippen LogP contribution >= 0.6 is 15.9 Å². The van der Waals surface area contributed by atoms with Gasteiger partial charge in [-0.3, -0.25) is 9.59 Å². The second kappa shape index (κ2) is 7.56. The van der Waals surface area contributed by atoms with E-state index in [1.807, 2.05) is 6.07 Å². The number of rotatable bonds is 5.